The number of H-pyrrole nitrogens is 1. The number of aromatic nitrogens is 1. The molecule has 8 heteroatoms. The molecule has 0 aliphatic carbocycles. The summed E-state index contributed by atoms with van der Waals surface area (Å²) < 4.78 is 19.7. The average molecular weight is 493 g/mol. The van der Waals surface area contributed by atoms with Crippen LogP contribution in [0.1, 0.15) is 55.1 Å². The van der Waals surface area contributed by atoms with Crippen LogP contribution in [0.2, 0.25) is 0 Å². The molecule has 190 valence electrons. The fraction of sp³-hybridized carbons (Fsp3) is 0.429. The van der Waals surface area contributed by atoms with E-state index >= 15 is 0 Å². The summed E-state index contributed by atoms with van der Waals surface area (Å²) in [4.78, 5) is 30.4. The zero-order valence-corrected chi connectivity index (χ0v) is 21.0. The molecule has 0 spiro atoms. The molecule has 3 N–H and O–H groups in total. The van der Waals surface area contributed by atoms with Crippen LogP contribution in [-0.4, -0.2) is 53.2 Å². The molecule has 3 heterocycles. The molecule has 2 aliphatic rings. The number of hydrogen-bond donors (Lipinski definition) is 3. The number of alkyl carbamates (subject to hydrolysis) is 1. The summed E-state index contributed by atoms with van der Waals surface area (Å²) in [5, 5.41) is 6.69. The molecule has 0 bridgehead atoms. The van der Waals surface area contributed by atoms with Gasteiger partial charge in [0.1, 0.15) is 11.4 Å². The molecule has 2 amide bonds. The van der Waals surface area contributed by atoms with Crippen molar-refractivity contribution in [1.82, 2.24) is 20.5 Å². The van der Waals surface area contributed by atoms with Gasteiger partial charge in [-0.1, -0.05) is 18.2 Å². The van der Waals surface area contributed by atoms with E-state index in [1.165, 1.54) is 12.1 Å². The summed E-state index contributed by atoms with van der Waals surface area (Å²) in [5.41, 5.74) is 4.65. The van der Waals surface area contributed by atoms with Gasteiger partial charge in [-0.3, -0.25) is 9.69 Å². The van der Waals surface area contributed by atoms with Crippen molar-refractivity contribution in [1.29, 1.82) is 0 Å². The van der Waals surface area contributed by atoms with Crippen molar-refractivity contribution >= 4 is 22.9 Å². The van der Waals surface area contributed by atoms with Crippen LogP contribution in [0.15, 0.2) is 36.4 Å². The van der Waals surface area contributed by atoms with E-state index in [0.29, 0.717) is 24.0 Å². The third kappa shape index (κ3) is 5.23. The first-order valence-electron chi connectivity index (χ1n) is 12.6. The van der Waals surface area contributed by atoms with E-state index in [1.54, 1.807) is 0 Å². The highest BCUT2D eigenvalue weighted by Gasteiger charge is 2.26. The van der Waals surface area contributed by atoms with Crippen LogP contribution in [0, 0.1) is 5.82 Å². The van der Waals surface area contributed by atoms with E-state index in [0.717, 1.165) is 60.2 Å². The second-order valence-electron chi connectivity index (χ2n) is 10.8. The molecule has 1 aromatic heterocycles. The Bertz CT molecular complexity index is 1310. The van der Waals surface area contributed by atoms with Gasteiger partial charge in [0.05, 0.1) is 5.56 Å². The highest BCUT2D eigenvalue weighted by atomic mass is 19.1. The fourth-order valence-corrected chi connectivity index (χ4v) is 5.31. The maximum absolute atomic E-state index is 14.2. The SMILES string of the molecule is CC(C)(C)OC(=O)NC1CCCN(Cc2cccc(-c3[nH]c4cc(F)cc5c4c3CCNC5=O)c2)C1. The average Bonchev–Trinajstić information content (AvgIpc) is 3.07. The first-order chi connectivity index (χ1) is 17.2. The Kier molecular flexibility index (Phi) is 6.47. The van der Waals surface area contributed by atoms with Crippen molar-refractivity contribution in [2.75, 3.05) is 19.6 Å². The number of nitrogens with one attached hydrogen (secondary N) is 3. The van der Waals surface area contributed by atoms with E-state index in [1.807, 2.05) is 32.9 Å². The van der Waals surface area contributed by atoms with Gasteiger partial charge < -0.3 is 20.4 Å². The summed E-state index contributed by atoms with van der Waals surface area (Å²) in [6, 6.07) is 11.2. The molecule has 0 radical (unpaired) electrons. The maximum Gasteiger partial charge on any atom is 0.407 e. The number of carbonyl (C=O) groups excluding carboxylic acids is 2. The number of aromatic amines is 1. The normalized spacial score (nSPS) is 18.6. The van der Waals surface area contributed by atoms with Crippen molar-refractivity contribution in [3.05, 3.63) is 58.9 Å². The molecule has 36 heavy (non-hydrogen) atoms. The number of amides is 2. The van der Waals surface area contributed by atoms with Crippen molar-refractivity contribution in [2.24, 2.45) is 0 Å². The Balaban J connectivity index is 1.35. The first kappa shape index (κ1) is 24.3. The quantitative estimate of drug-likeness (QED) is 0.491. The summed E-state index contributed by atoms with van der Waals surface area (Å²) >= 11 is 0. The van der Waals surface area contributed by atoms with Gasteiger partial charge in [-0.2, -0.15) is 0 Å². The van der Waals surface area contributed by atoms with Crippen molar-refractivity contribution in [3.8, 4) is 11.3 Å². The molecule has 2 aromatic carbocycles. The Morgan fingerprint density at radius 1 is 1.25 bits per heavy atom. The number of nitrogens with zero attached hydrogens (tertiary/aromatic N) is 1. The highest BCUT2D eigenvalue weighted by molar-refractivity contribution is 6.10. The third-order valence-electron chi connectivity index (χ3n) is 6.72. The number of carbonyl (C=O) groups is 2. The van der Waals surface area contributed by atoms with Gasteiger partial charge in [-0.15, -0.1) is 0 Å². The molecule has 1 fully saturated rings. The number of halogens is 1. The van der Waals surface area contributed by atoms with E-state index < -0.39 is 11.4 Å². The number of benzene rings is 2. The van der Waals surface area contributed by atoms with Crippen molar-refractivity contribution in [2.45, 2.75) is 58.2 Å². The number of likely N-dealkylation sites (tertiary alicyclic amines) is 1. The lowest BCUT2D eigenvalue weighted by Crippen LogP contribution is -2.48. The van der Waals surface area contributed by atoms with Crippen LogP contribution in [0.5, 0.6) is 0 Å². The van der Waals surface area contributed by atoms with Gasteiger partial charge in [-0.05, 0) is 81.5 Å². The molecule has 1 atom stereocenters. The Morgan fingerprint density at radius 3 is 2.89 bits per heavy atom. The van der Waals surface area contributed by atoms with Crippen LogP contribution in [0.4, 0.5) is 9.18 Å². The van der Waals surface area contributed by atoms with E-state index in [2.05, 4.69) is 32.7 Å². The fourth-order valence-electron chi connectivity index (χ4n) is 5.31. The number of ether oxygens (including phenoxy) is 1. The Labute approximate surface area is 210 Å². The zero-order chi connectivity index (χ0) is 25.4. The lowest BCUT2D eigenvalue weighted by molar-refractivity contribution is 0.0470. The number of rotatable bonds is 4. The zero-order valence-electron chi connectivity index (χ0n) is 21.0. The van der Waals surface area contributed by atoms with E-state index in [9.17, 15) is 14.0 Å². The molecule has 5 rings (SSSR count). The van der Waals surface area contributed by atoms with Gasteiger partial charge in [0.2, 0.25) is 0 Å². The molecule has 1 unspecified atom stereocenters. The number of piperidine rings is 1. The molecule has 1 saturated heterocycles. The van der Waals surface area contributed by atoms with Crippen molar-refractivity contribution < 1.29 is 18.7 Å². The minimum absolute atomic E-state index is 0.0528. The summed E-state index contributed by atoms with van der Waals surface area (Å²) in [7, 11) is 0. The Hall–Kier alpha value is -3.39. The largest absolute Gasteiger partial charge is 0.444 e. The Morgan fingerprint density at radius 2 is 2.08 bits per heavy atom. The smallest absolute Gasteiger partial charge is 0.407 e. The molecule has 0 saturated carbocycles. The summed E-state index contributed by atoms with van der Waals surface area (Å²) in [5.74, 6) is -0.667. The minimum Gasteiger partial charge on any atom is -0.444 e. The molecule has 2 aliphatic heterocycles. The van der Waals surface area contributed by atoms with Crippen LogP contribution < -0.4 is 10.6 Å². The van der Waals surface area contributed by atoms with Crippen LogP contribution >= 0.6 is 0 Å². The summed E-state index contributed by atoms with van der Waals surface area (Å²) in [6.45, 7) is 8.58. The molecule has 3 aromatic rings. The van der Waals surface area contributed by atoms with Gasteiger partial charge in [0.15, 0.2) is 0 Å². The van der Waals surface area contributed by atoms with Gasteiger partial charge in [-0.25, -0.2) is 9.18 Å². The van der Waals surface area contributed by atoms with Gasteiger partial charge in [0, 0.05) is 42.3 Å². The maximum atomic E-state index is 14.2. The van der Waals surface area contributed by atoms with Crippen LogP contribution in [0.3, 0.4) is 0 Å². The lowest BCUT2D eigenvalue weighted by Gasteiger charge is -2.33. The second kappa shape index (κ2) is 9.58. The second-order valence-corrected chi connectivity index (χ2v) is 10.8. The molecule has 7 nitrogen and oxygen atoms in total. The minimum atomic E-state index is -0.518. The first-order valence-corrected chi connectivity index (χ1v) is 12.6. The lowest BCUT2D eigenvalue weighted by atomic mass is 9.99. The monoisotopic (exact) mass is 492 g/mol. The van der Waals surface area contributed by atoms with E-state index in [4.69, 9.17) is 4.74 Å². The third-order valence-corrected chi connectivity index (χ3v) is 6.72. The number of hydrogen-bond acceptors (Lipinski definition) is 4. The topological polar surface area (TPSA) is 86.5 Å². The van der Waals surface area contributed by atoms with Crippen molar-refractivity contribution in [3.63, 3.8) is 0 Å². The summed E-state index contributed by atoms with van der Waals surface area (Å²) in [6.07, 6.45) is 2.24. The predicted octanol–water partition coefficient (Wildman–Crippen LogP) is 4.75. The predicted molar refractivity (Wildman–Crippen MR) is 137 cm³/mol. The highest BCUT2D eigenvalue weighted by Crippen LogP contribution is 2.35. The van der Waals surface area contributed by atoms with E-state index in [-0.39, 0.29) is 18.0 Å². The standard InChI is InChI=1S/C28H33FN4O3/c1-28(2,3)36-27(35)31-20-8-5-11-33(16-20)15-17-6-4-7-18(12-17)25-21-9-10-30-26(34)22-13-19(29)14-23(32-25)24(21)22/h4,6-7,12-14,20,32H,5,8-11,15-16H2,1-3H3,(H,30,34)(H,31,35). The molecular weight excluding hydrogens is 459 g/mol. The molecular formula is C28H33FN4O3. The van der Waals surface area contributed by atoms with Crippen LogP contribution in [-0.2, 0) is 17.7 Å². The van der Waals surface area contributed by atoms with Gasteiger partial charge in [0.25, 0.3) is 5.91 Å². The van der Waals surface area contributed by atoms with Gasteiger partial charge >= 0.3 is 6.09 Å². The van der Waals surface area contributed by atoms with Crippen LogP contribution in [0.25, 0.3) is 22.2 Å².